The van der Waals surface area contributed by atoms with Crippen LogP contribution >= 0.6 is 11.6 Å². The second kappa shape index (κ2) is 7.92. The monoisotopic (exact) mass is 447 g/mol. The number of furan rings is 1. The lowest BCUT2D eigenvalue weighted by Crippen LogP contribution is -2.40. The van der Waals surface area contributed by atoms with Crippen molar-refractivity contribution in [3.05, 3.63) is 70.4 Å². The molecule has 0 unspecified atom stereocenters. The van der Waals surface area contributed by atoms with Gasteiger partial charge in [0.05, 0.1) is 46.4 Å². The van der Waals surface area contributed by atoms with E-state index >= 15 is 0 Å². The van der Waals surface area contributed by atoms with Gasteiger partial charge in [-0.3, -0.25) is 4.79 Å². The molecule has 9 heteroatoms. The van der Waals surface area contributed by atoms with Crippen molar-refractivity contribution in [2.45, 2.75) is 32.9 Å². The summed E-state index contributed by atoms with van der Waals surface area (Å²) in [6.07, 6.45) is 1.97. The number of hydrogen-bond acceptors (Lipinski definition) is 5. The number of carbonyl (C=O) groups excluding carboxylic acids is 1. The highest BCUT2D eigenvalue weighted by molar-refractivity contribution is 7.91. The Morgan fingerprint density at radius 2 is 2.00 bits per heavy atom. The maximum absolute atomic E-state index is 13.3. The van der Waals surface area contributed by atoms with Crippen molar-refractivity contribution in [2.75, 3.05) is 11.5 Å². The summed E-state index contributed by atoms with van der Waals surface area (Å²) in [7, 11) is -3.13. The van der Waals surface area contributed by atoms with Crippen LogP contribution in [-0.4, -0.2) is 46.6 Å². The van der Waals surface area contributed by atoms with Crippen LogP contribution in [0.1, 0.15) is 33.9 Å². The summed E-state index contributed by atoms with van der Waals surface area (Å²) >= 11 is 6.23. The third kappa shape index (κ3) is 4.02. The maximum atomic E-state index is 13.3. The molecule has 1 amide bonds. The fraction of sp³-hybridized carbons (Fsp3) is 0.333. The highest BCUT2D eigenvalue weighted by Gasteiger charge is 2.35. The summed E-state index contributed by atoms with van der Waals surface area (Å²) < 4.78 is 31.1. The van der Waals surface area contributed by atoms with Crippen molar-refractivity contribution in [3.8, 4) is 5.69 Å². The molecule has 3 heterocycles. The van der Waals surface area contributed by atoms with E-state index in [4.69, 9.17) is 16.0 Å². The van der Waals surface area contributed by atoms with Crippen LogP contribution < -0.4 is 0 Å². The van der Waals surface area contributed by atoms with E-state index in [1.54, 1.807) is 46.0 Å². The molecule has 0 aliphatic carbocycles. The molecule has 1 aromatic carbocycles. The first-order valence-corrected chi connectivity index (χ1v) is 11.8. The second-order valence-corrected chi connectivity index (χ2v) is 10.1. The number of aromatic nitrogens is 2. The largest absolute Gasteiger partial charge is 0.467 e. The Kier molecular flexibility index (Phi) is 5.46. The van der Waals surface area contributed by atoms with Gasteiger partial charge < -0.3 is 9.32 Å². The minimum Gasteiger partial charge on any atom is -0.467 e. The zero-order chi connectivity index (χ0) is 21.5. The van der Waals surface area contributed by atoms with Gasteiger partial charge in [0.25, 0.3) is 5.91 Å². The van der Waals surface area contributed by atoms with Gasteiger partial charge in [0, 0.05) is 11.6 Å². The second-order valence-electron chi connectivity index (χ2n) is 7.51. The fourth-order valence-corrected chi connectivity index (χ4v) is 5.59. The van der Waals surface area contributed by atoms with Crippen LogP contribution in [0.2, 0.25) is 5.02 Å². The molecule has 0 bridgehead atoms. The van der Waals surface area contributed by atoms with E-state index in [0.29, 0.717) is 22.8 Å². The normalized spacial score (nSPS) is 17.9. The molecule has 158 valence electrons. The first-order chi connectivity index (χ1) is 14.2. The van der Waals surface area contributed by atoms with Gasteiger partial charge in [-0.1, -0.05) is 11.6 Å². The lowest BCUT2D eigenvalue weighted by atomic mass is 10.1. The van der Waals surface area contributed by atoms with Gasteiger partial charge in [0.15, 0.2) is 9.84 Å². The number of halogens is 1. The average molecular weight is 448 g/mol. The summed E-state index contributed by atoms with van der Waals surface area (Å²) in [6, 6.07) is 10.2. The summed E-state index contributed by atoms with van der Waals surface area (Å²) in [4.78, 5) is 14.9. The molecule has 1 aliphatic rings. The van der Waals surface area contributed by atoms with Crippen molar-refractivity contribution in [2.24, 2.45) is 0 Å². The van der Waals surface area contributed by atoms with Crippen molar-refractivity contribution in [1.29, 1.82) is 0 Å². The predicted molar refractivity (Wildman–Crippen MR) is 114 cm³/mol. The number of amides is 1. The molecule has 0 radical (unpaired) electrons. The number of hydrogen-bond donors (Lipinski definition) is 0. The molecule has 7 nitrogen and oxygen atoms in total. The first-order valence-electron chi connectivity index (χ1n) is 9.61. The Morgan fingerprint density at radius 3 is 2.53 bits per heavy atom. The Hall–Kier alpha value is -2.58. The molecule has 3 aromatic rings. The number of nitrogens with zero attached hydrogens (tertiary/aromatic N) is 3. The number of rotatable bonds is 5. The summed E-state index contributed by atoms with van der Waals surface area (Å²) in [5, 5.41) is 5.04. The summed E-state index contributed by atoms with van der Waals surface area (Å²) in [6.45, 7) is 3.94. The van der Waals surface area contributed by atoms with Crippen LogP contribution in [0.15, 0.2) is 47.1 Å². The van der Waals surface area contributed by atoms with Gasteiger partial charge in [-0.05, 0) is 56.7 Å². The van der Waals surface area contributed by atoms with Gasteiger partial charge in [0.2, 0.25) is 0 Å². The molecule has 4 rings (SSSR count). The minimum absolute atomic E-state index is 0.0260. The maximum Gasteiger partial charge on any atom is 0.254 e. The molecule has 30 heavy (non-hydrogen) atoms. The zero-order valence-electron chi connectivity index (χ0n) is 16.7. The molecule has 1 aliphatic heterocycles. The Balaban J connectivity index is 1.61. The van der Waals surface area contributed by atoms with Gasteiger partial charge in [0.1, 0.15) is 5.76 Å². The van der Waals surface area contributed by atoms with Crippen molar-refractivity contribution >= 4 is 27.3 Å². The lowest BCUT2D eigenvalue weighted by molar-refractivity contribution is 0.0666. The van der Waals surface area contributed by atoms with E-state index in [0.717, 1.165) is 17.1 Å². The Morgan fingerprint density at radius 1 is 1.27 bits per heavy atom. The molecule has 1 atom stereocenters. The van der Waals surface area contributed by atoms with Crippen LogP contribution in [-0.2, 0) is 16.4 Å². The molecule has 0 saturated carbocycles. The van der Waals surface area contributed by atoms with Gasteiger partial charge in [-0.2, -0.15) is 5.10 Å². The van der Waals surface area contributed by atoms with Crippen LogP contribution in [0.25, 0.3) is 5.69 Å². The summed E-state index contributed by atoms with van der Waals surface area (Å²) in [5.41, 5.74) is 2.83. The van der Waals surface area contributed by atoms with Crippen LogP contribution in [0.5, 0.6) is 0 Å². The van der Waals surface area contributed by atoms with E-state index in [9.17, 15) is 13.2 Å². The van der Waals surface area contributed by atoms with Crippen molar-refractivity contribution in [1.82, 2.24) is 14.7 Å². The van der Waals surface area contributed by atoms with E-state index in [1.165, 1.54) is 6.26 Å². The van der Waals surface area contributed by atoms with E-state index in [1.807, 2.05) is 13.8 Å². The smallest absolute Gasteiger partial charge is 0.254 e. The van der Waals surface area contributed by atoms with Gasteiger partial charge in [-0.25, -0.2) is 13.1 Å². The highest BCUT2D eigenvalue weighted by Crippen LogP contribution is 2.25. The molecule has 1 saturated heterocycles. The molecular formula is C21H22ClN3O4S. The molecule has 0 spiro atoms. The Labute approximate surface area is 180 Å². The van der Waals surface area contributed by atoms with Crippen LogP contribution in [0.3, 0.4) is 0 Å². The van der Waals surface area contributed by atoms with Gasteiger partial charge >= 0.3 is 0 Å². The molecule has 1 fully saturated rings. The highest BCUT2D eigenvalue weighted by atomic mass is 35.5. The number of aryl methyl sites for hydroxylation is 1. The molecular weight excluding hydrogens is 426 g/mol. The van der Waals surface area contributed by atoms with E-state index in [-0.39, 0.29) is 30.0 Å². The van der Waals surface area contributed by atoms with Crippen LogP contribution in [0, 0.1) is 13.8 Å². The number of carbonyl (C=O) groups is 1. The predicted octanol–water partition coefficient (Wildman–Crippen LogP) is 3.57. The third-order valence-electron chi connectivity index (χ3n) is 5.38. The topological polar surface area (TPSA) is 85.4 Å². The third-order valence-corrected chi connectivity index (χ3v) is 7.68. The first kappa shape index (κ1) is 20.7. The average Bonchev–Trinajstić information content (AvgIpc) is 3.42. The van der Waals surface area contributed by atoms with Crippen molar-refractivity contribution < 1.29 is 17.6 Å². The lowest BCUT2D eigenvalue weighted by Gasteiger charge is -2.27. The number of benzene rings is 1. The van der Waals surface area contributed by atoms with E-state index < -0.39 is 9.84 Å². The fourth-order valence-electron chi connectivity index (χ4n) is 3.74. The molecule has 2 aromatic heterocycles. The minimum atomic E-state index is -3.13. The summed E-state index contributed by atoms with van der Waals surface area (Å²) in [5.74, 6) is 0.451. The zero-order valence-corrected chi connectivity index (χ0v) is 18.3. The van der Waals surface area contributed by atoms with Gasteiger partial charge in [-0.15, -0.1) is 0 Å². The SMILES string of the molecule is Cc1nn(-c2ccc(C(=O)N(Cc3ccco3)[C@H]3CCS(=O)(=O)C3)cc2)c(C)c1Cl. The van der Waals surface area contributed by atoms with E-state index in [2.05, 4.69) is 5.10 Å². The Bertz CT molecular complexity index is 1170. The number of sulfone groups is 1. The van der Waals surface area contributed by atoms with Crippen LogP contribution in [0.4, 0.5) is 0 Å². The molecule has 0 N–H and O–H groups in total. The quantitative estimate of drug-likeness (QED) is 0.596. The van der Waals surface area contributed by atoms with Crippen molar-refractivity contribution in [3.63, 3.8) is 0 Å². The standard InChI is InChI=1S/C21H22ClN3O4S/c1-14-20(22)15(2)25(23-14)17-7-5-16(6-8-17)21(26)24(12-19-4-3-10-29-19)18-9-11-30(27,28)13-18/h3-8,10,18H,9,11-13H2,1-2H3/t18-/m0/s1.